The number of hydrogen-bond acceptors (Lipinski definition) is 3. The first-order valence-electron chi connectivity index (χ1n) is 9.58. The third kappa shape index (κ3) is 3.63. The van der Waals surface area contributed by atoms with Gasteiger partial charge in [-0.15, -0.1) is 0 Å². The summed E-state index contributed by atoms with van der Waals surface area (Å²) in [6.45, 7) is 3.14. The number of carbonyl (C=O) groups is 1. The third-order valence-corrected chi connectivity index (χ3v) is 7.43. The molecule has 2 saturated carbocycles. The minimum atomic E-state index is 0.307. The SMILES string of the molecule is O=C(C1CCC(NC[C@H]2C[C@H]3C=C[C@H]2C3)CC1)N1CCSCC1. The predicted molar refractivity (Wildman–Crippen MR) is 96.5 cm³/mol. The molecular weight excluding hydrogens is 304 g/mol. The monoisotopic (exact) mass is 334 g/mol. The smallest absolute Gasteiger partial charge is 0.225 e. The summed E-state index contributed by atoms with van der Waals surface area (Å²) < 4.78 is 0. The molecule has 1 aliphatic heterocycles. The zero-order valence-electron chi connectivity index (χ0n) is 14.1. The summed E-state index contributed by atoms with van der Waals surface area (Å²) in [5, 5.41) is 3.83. The molecule has 3 aliphatic carbocycles. The summed E-state index contributed by atoms with van der Waals surface area (Å²) in [5.74, 6) is 5.60. The van der Waals surface area contributed by atoms with Crippen LogP contribution in [0.25, 0.3) is 0 Å². The van der Waals surface area contributed by atoms with E-state index in [4.69, 9.17) is 0 Å². The van der Waals surface area contributed by atoms with Gasteiger partial charge in [-0.05, 0) is 62.8 Å². The number of nitrogens with one attached hydrogen (secondary N) is 1. The molecule has 4 rings (SSSR count). The molecule has 0 spiro atoms. The molecule has 0 radical (unpaired) electrons. The van der Waals surface area contributed by atoms with Gasteiger partial charge >= 0.3 is 0 Å². The minimum absolute atomic E-state index is 0.307. The van der Waals surface area contributed by atoms with Crippen molar-refractivity contribution in [2.24, 2.45) is 23.7 Å². The van der Waals surface area contributed by atoms with Gasteiger partial charge in [0.1, 0.15) is 0 Å². The van der Waals surface area contributed by atoms with Gasteiger partial charge in [-0.2, -0.15) is 11.8 Å². The molecule has 1 saturated heterocycles. The number of allylic oxidation sites excluding steroid dienone is 2. The molecule has 128 valence electrons. The van der Waals surface area contributed by atoms with Crippen LogP contribution in [0.15, 0.2) is 12.2 Å². The zero-order valence-corrected chi connectivity index (χ0v) is 14.9. The molecule has 0 aromatic heterocycles. The second-order valence-corrected chi connectivity index (χ2v) is 9.16. The Labute approximate surface area is 144 Å². The molecule has 3 atom stereocenters. The molecule has 4 aliphatic rings. The summed E-state index contributed by atoms with van der Waals surface area (Å²) in [7, 11) is 0. The van der Waals surface area contributed by atoms with Crippen molar-refractivity contribution in [1.82, 2.24) is 10.2 Å². The Balaban J connectivity index is 1.19. The average Bonchev–Trinajstić information content (AvgIpc) is 3.24. The number of amides is 1. The number of nitrogens with zero attached hydrogens (tertiary/aromatic N) is 1. The van der Waals surface area contributed by atoms with Crippen LogP contribution in [-0.2, 0) is 4.79 Å². The summed E-state index contributed by atoms with van der Waals surface area (Å²) in [6.07, 6.45) is 12.2. The van der Waals surface area contributed by atoms with Gasteiger partial charge in [0.25, 0.3) is 0 Å². The number of hydrogen-bond donors (Lipinski definition) is 1. The fourth-order valence-electron chi connectivity index (χ4n) is 5.03. The molecule has 4 heteroatoms. The highest BCUT2D eigenvalue weighted by atomic mass is 32.2. The van der Waals surface area contributed by atoms with Crippen LogP contribution >= 0.6 is 11.8 Å². The van der Waals surface area contributed by atoms with Gasteiger partial charge in [0.05, 0.1) is 0 Å². The van der Waals surface area contributed by atoms with E-state index >= 15 is 0 Å². The lowest BCUT2D eigenvalue weighted by Gasteiger charge is -2.34. The molecule has 2 bridgehead atoms. The van der Waals surface area contributed by atoms with Crippen molar-refractivity contribution in [2.45, 2.75) is 44.6 Å². The van der Waals surface area contributed by atoms with Gasteiger partial charge in [0.15, 0.2) is 0 Å². The van der Waals surface area contributed by atoms with Crippen molar-refractivity contribution in [2.75, 3.05) is 31.1 Å². The highest BCUT2D eigenvalue weighted by molar-refractivity contribution is 7.99. The van der Waals surface area contributed by atoms with Crippen LogP contribution < -0.4 is 5.32 Å². The molecule has 1 heterocycles. The molecule has 0 unspecified atom stereocenters. The van der Waals surface area contributed by atoms with E-state index < -0.39 is 0 Å². The van der Waals surface area contributed by atoms with Crippen molar-refractivity contribution in [3.63, 3.8) is 0 Å². The van der Waals surface area contributed by atoms with Gasteiger partial charge in [-0.25, -0.2) is 0 Å². The number of carbonyl (C=O) groups excluding carboxylic acids is 1. The highest BCUT2D eigenvalue weighted by Crippen LogP contribution is 2.43. The number of thioether (sulfide) groups is 1. The van der Waals surface area contributed by atoms with Crippen LogP contribution in [0.3, 0.4) is 0 Å². The minimum Gasteiger partial charge on any atom is -0.341 e. The Kier molecular flexibility index (Phi) is 5.00. The first-order valence-corrected chi connectivity index (χ1v) is 10.7. The van der Waals surface area contributed by atoms with Crippen molar-refractivity contribution in [3.05, 3.63) is 12.2 Å². The largest absolute Gasteiger partial charge is 0.341 e. The molecule has 0 aromatic carbocycles. The van der Waals surface area contributed by atoms with Gasteiger partial charge in [0.2, 0.25) is 5.91 Å². The first kappa shape index (κ1) is 16.0. The van der Waals surface area contributed by atoms with Gasteiger partial charge in [-0.1, -0.05) is 12.2 Å². The lowest BCUT2D eigenvalue weighted by atomic mass is 9.84. The van der Waals surface area contributed by atoms with E-state index in [0.717, 1.165) is 55.2 Å². The molecule has 0 aromatic rings. The third-order valence-electron chi connectivity index (χ3n) is 6.48. The van der Waals surface area contributed by atoms with E-state index in [-0.39, 0.29) is 0 Å². The average molecular weight is 335 g/mol. The first-order chi connectivity index (χ1) is 11.3. The molecular formula is C19H30N2OS. The molecule has 23 heavy (non-hydrogen) atoms. The second kappa shape index (κ2) is 7.18. The van der Waals surface area contributed by atoms with E-state index in [1.165, 1.54) is 32.2 Å². The highest BCUT2D eigenvalue weighted by Gasteiger charge is 2.36. The van der Waals surface area contributed by atoms with Gasteiger partial charge < -0.3 is 10.2 Å². The van der Waals surface area contributed by atoms with E-state index in [1.807, 2.05) is 11.8 Å². The molecule has 3 nitrogen and oxygen atoms in total. The lowest BCUT2D eigenvalue weighted by Crippen LogP contribution is -2.44. The molecule has 3 fully saturated rings. The predicted octanol–water partition coefficient (Wildman–Crippen LogP) is 2.92. The number of fused-ring (bicyclic) bond motifs is 2. The summed E-state index contributed by atoms with van der Waals surface area (Å²) in [4.78, 5) is 14.7. The Hall–Kier alpha value is -0.480. The lowest BCUT2D eigenvalue weighted by molar-refractivity contribution is -0.136. The van der Waals surface area contributed by atoms with Crippen LogP contribution in [0.4, 0.5) is 0 Å². The van der Waals surface area contributed by atoms with Crippen molar-refractivity contribution in [1.29, 1.82) is 0 Å². The summed E-state index contributed by atoms with van der Waals surface area (Å²) in [6, 6.07) is 0.652. The van der Waals surface area contributed by atoms with E-state index in [9.17, 15) is 4.79 Å². The van der Waals surface area contributed by atoms with Gasteiger partial charge in [-0.3, -0.25) is 4.79 Å². The summed E-state index contributed by atoms with van der Waals surface area (Å²) in [5.41, 5.74) is 0. The molecule has 1 N–H and O–H groups in total. The van der Waals surface area contributed by atoms with E-state index in [0.29, 0.717) is 17.9 Å². The maximum Gasteiger partial charge on any atom is 0.225 e. The number of rotatable bonds is 4. The van der Waals surface area contributed by atoms with Crippen LogP contribution in [0, 0.1) is 23.7 Å². The Morgan fingerprint density at radius 1 is 1.09 bits per heavy atom. The van der Waals surface area contributed by atoms with Crippen molar-refractivity contribution < 1.29 is 4.79 Å². The normalized spacial score (nSPS) is 39.8. The van der Waals surface area contributed by atoms with Crippen LogP contribution in [0.5, 0.6) is 0 Å². The van der Waals surface area contributed by atoms with E-state index in [2.05, 4.69) is 22.4 Å². The van der Waals surface area contributed by atoms with E-state index in [1.54, 1.807) is 0 Å². The quantitative estimate of drug-likeness (QED) is 0.802. The van der Waals surface area contributed by atoms with Crippen LogP contribution in [-0.4, -0.2) is 48.0 Å². The topological polar surface area (TPSA) is 32.3 Å². The van der Waals surface area contributed by atoms with Crippen LogP contribution in [0.2, 0.25) is 0 Å². The molecule has 1 amide bonds. The fraction of sp³-hybridized carbons (Fsp3) is 0.842. The zero-order chi connectivity index (χ0) is 15.6. The maximum atomic E-state index is 12.6. The Morgan fingerprint density at radius 2 is 1.87 bits per heavy atom. The van der Waals surface area contributed by atoms with Gasteiger partial charge in [0, 0.05) is 36.6 Å². The maximum absolute atomic E-state index is 12.6. The standard InChI is InChI=1S/C19H30N2OS/c22-19(21-7-9-23-10-8-21)15-3-5-18(6-4-15)20-13-17-12-14-1-2-16(17)11-14/h1-2,14-18,20H,3-13H2/t14-,15?,16-,17+,18?/m0/s1. The Morgan fingerprint density at radius 3 is 2.52 bits per heavy atom. The fourth-order valence-corrected chi connectivity index (χ4v) is 5.94. The Bertz CT molecular complexity index is 452. The second-order valence-electron chi connectivity index (χ2n) is 7.93. The van der Waals surface area contributed by atoms with Crippen molar-refractivity contribution >= 4 is 17.7 Å². The van der Waals surface area contributed by atoms with Crippen molar-refractivity contribution in [3.8, 4) is 0 Å². The summed E-state index contributed by atoms with van der Waals surface area (Å²) >= 11 is 1.98. The van der Waals surface area contributed by atoms with Crippen LogP contribution in [0.1, 0.15) is 38.5 Å².